The Morgan fingerprint density at radius 1 is 1.43 bits per heavy atom. The van der Waals surface area contributed by atoms with Crippen molar-refractivity contribution in [2.45, 2.75) is 25.9 Å². The maximum Gasteiger partial charge on any atom is 0.416 e. The van der Waals surface area contributed by atoms with E-state index in [1.807, 2.05) is 6.92 Å². The first kappa shape index (κ1) is 16.8. The Balaban J connectivity index is 2.93. The van der Waals surface area contributed by atoms with E-state index < -0.39 is 17.7 Å². The number of carbonyl (C=O) groups is 1. The number of ether oxygens (including phenoxy) is 1. The van der Waals surface area contributed by atoms with Crippen molar-refractivity contribution >= 4 is 12.0 Å². The molecule has 0 fully saturated rings. The van der Waals surface area contributed by atoms with Gasteiger partial charge in [0.05, 0.1) is 12.2 Å². The molecule has 0 N–H and O–H groups in total. The highest BCUT2D eigenvalue weighted by atomic mass is 19.4. The molecule has 0 atom stereocenters. The Labute approximate surface area is 120 Å². The molecule has 1 aromatic rings. The maximum atomic E-state index is 12.6. The molecule has 1 rings (SSSR count). The second kappa shape index (κ2) is 7.48. The first-order valence-electron chi connectivity index (χ1n) is 6.34. The summed E-state index contributed by atoms with van der Waals surface area (Å²) in [7, 11) is 0. The van der Waals surface area contributed by atoms with Gasteiger partial charge >= 0.3 is 12.1 Å². The van der Waals surface area contributed by atoms with Crippen molar-refractivity contribution in [2.75, 3.05) is 6.61 Å². The number of nitriles is 1. The number of benzene rings is 1. The molecule has 0 aliphatic heterocycles. The van der Waals surface area contributed by atoms with Gasteiger partial charge in [-0.1, -0.05) is 25.5 Å². The van der Waals surface area contributed by atoms with Gasteiger partial charge in [0.2, 0.25) is 0 Å². The molecular formula is C15H14F3NO2. The summed E-state index contributed by atoms with van der Waals surface area (Å²) in [6, 6.07) is 6.03. The standard InChI is InChI=1S/C15H14F3NO2/c1-2-3-7-21-14(20)12(10-19)8-11-5-4-6-13(9-11)15(16,17)18/h4-6,8-9H,2-3,7H2,1H3. The number of alkyl halides is 3. The van der Waals surface area contributed by atoms with Crippen LogP contribution in [0.25, 0.3) is 6.08 Å². The van der Waals surface area contributed by atoms with Gasteiger partial charge in [-0.05, 0) is 30.2 Å². The Kier molecular flexibility index (Phi) is 5.97. The van der Waals surface area contributed by atoms with Gasteiger partial charge in [0.15, 0.2) is 0 Å². The number of esters is 1. The third-order valence-electron chi connectivity index (χ3n) is 2.60. The predicted molar refractivity (Wildman–Crippen MR) is 70.9 cm³/mol. The second-order valence-corrected chi connectivity index (χ2v) is 4.28. The molecule has 6 heteroatoms. The average molecular weight is 297 g/mol. The van der Waals surface area contributed by atoms with E-state index in [0.29, 0.717) is 6.42 Å². The van der Waals surface area contributed by atoms with Crippen molar-refractivity contribution in [1.29, 1.82) is 5.26 Å². The lowest BCUT2D eigenvalue weighted by atomic mass is 10.1. The molecule has 1 aromatic carbocycles. The second-order valence-electron chi connectivity index (χ2n) is 4.28. The number of nitrogens with zero attached hydrogens (tertiary/aromatic N) is 1. The molecule has 0 aromatic heterocycles. The summed E-state index contributed by atoms with van der Waals surface area (Å²) in [6.07, 6.45) is -1.90. The number of carbonyl (C=O) groups excluding carboxylic acids is 1. The summed E-state index contributed by atoms with van der Waals surface area (Å²) < 4.78 is 42.6. The number of unbranched alkanes of at least 4 members (excludes halogenated alkanes) is 1. The van der Waals surface area contributed by atoms with Gasteiger partial charge in [-0.3, -0.25) is 0 Å². The van der Waals surface area contributed by atoms with Crippen LogP contribution in [0, 0.1) is 11.3 Å². The van der Waals surface area contributed by atoms with Crippen LogP contribution in [-0.4, -0.2) is 12.6 Å². The van der Waals surface area contributed by atoms with Gasteiger partial charge in [0.1, 0.15) is 11.6 Å². The molecule has 112 valence electrons. The van der Waals surface area contributed by atoms with Crippen LogP contribution >= 0.6 is 0 Å². The quantitative estimate of drug-likeness (QED) is 0.358. The van der Waals surface area contributed by atoms with Gasteiger partial charge in [-0.25, -0.2) is 4.79 Å². The zero-order valence-corrected chi connectivity index (χ0v) is 11.4. The molecule has 0 bridgehead atoms. The number of rotatable bonds is 5. The lowest BCUT2D eigenvalue weighted by Gasteiger charge is -2.07. The first-order chi connectivity index (χ1) is 9.88. The molecule has 21 heavy (non-hydrogen) atoms. The molecule has 0 unspecified atom stereocenters. The lowest BCUT2D eigenvalue weighted by molar-refractivity contribution is -0.139. The third-order valence-corrected chi connectivity index (χ3v) is 2.60. The van der Waals surface area contributed by atoms with Gasteiger partial charge in [0.25, 0.3) is 0 Å². The Bertz CT molecular complexity index is 571. The van der Waals surface area contributed by atoms with Crippen LogP contribution in [-0.2, 0) is 15.7 Å². The third kappa shape index (κ3) is 5.30. The van der Waals surface area contributed by atoms with E-state index in [-0.39, 0.29) is 17.7 Å². The van der Waals surface area contributed by atoms with Crippen LogP contribution in [0.4, 0.5) is 13.2 Å². The molecule has 0 heterocycles. The highest BCUT2D eigenvalue weighted by molar-refractivity contribution is 5.97. The lowest BCUT2D eigenvalue weighted by Crippen LogP contribution is -2.08. The average Bonchev–Trinajstić information content (AvgIpc) is 2.44. The monoisotopic (exact) mass is 297 g/mol. The Morgan fingerprint density at radius 3 is 2.71 bits per heavy atom. The maximum absolute atomic E-state index is 12.6. The molecule has 0 radical (unpaired) electrons. The van der Waals surface area contributed by atoms with Crippen molar-refractivity contribution in [3.63, 3.8) is 0 Å². The highest BCUT2D eigenvalue weighted by Gasteiger charge is 2.30. The van der Waals surface area contributed by atoms with Crippen LogP contribution in [0.15, 0.2) is 29.8 Å². The van der Waals surface area contributed by atoms with E-state index in [0.717, 1.165) is 24.6 Å². The van der Waals surface area contributed by atoms with Crippen molar-refractivity contribution in [1.82, 2.24) is 0 Å². The smallest absolute Gasteiger partial charge is 0.416 e. The van der Waals surface area contributed by atoms with Gasteiger partial charge < -0.3 is 4.74 Å². The van der Waals surface area contributed by atoms with Gasteiger partial charge in [-0.15, -0.1) is 0 Å². The van der Waals surface area contributed by atoms with E-state index in [9.17, 15) is 18.0 Å². The molecule has 0 saturated heterocycles. The summed E-state index contributed by atoms with van der Waals surface area (Å²) in [5.74, 6) is -0.830. The van der Waals surface area contributed by atoms with Gasteiger partial charge in [0, 0.05) is 0 Å². The zero-order valence-electron chi connectivity index (χ0n) is 11.4. The van der Waals surface area contributed by atoms with Crippen molar-refractivity contribution in [3.05, 3.63) is 41.0 Å². The minimum absolute atomic E-state index is 0.119. The Hall–Kier alpha value is -2.29. The van der Waals surface area contributed by atoms with Crippen LogP contribution in [0.5, 0.6) is 0 Å². The van der Waals surface area contributed by atoms with Crippen molar-refractivity contribution in [3.8, 4) is 6.07 Å². The number of halogens is 3. The molecule has 0 aliphatic carbocycles. The molecule has 0 saturated carbocycles. The summed E-state index contributed by atoms with van der Waals surface area (Å²) in [5, 5.41) is 8.90. The molecular weight excluding hydrogens is 283 g/mol. The minimum Gasteiger partial charge on any atom is -0.462 e. The summed E-state index contributed by atoms with van der Waals surface area (Å²) in [6.45, 7) is 2.09. The van der Waals surface area contributed by atoms with E-state index in [1.54, 1.807) is 6.07 Å². The zero-order chi connectivity index (χ0) is 15.9. The van der Waals surface area contributed by atoms with E-state index in [2.05, 4.69) is 0 Å². The summed E-state index contributed by atoms with van der Waals surface area (Å²) >= 11 is 0. The normalized spacial score (nSPS) is 11.9. The molecule has 3 nitrogen and oxygen atoms in total. The number of hydrogen-bond donors (Lipinski definition) is 0. The first-order valence-corrected chi connectivity index (χ1v) is 6.34. The molecule has 0 aliphatic rings. The summed E-state index contributed by atoms with van der Waals surface area (Å²) in [5.41, 5.74) is -1.05. The highest BCUT2D eigenvalue weighted by Crippen LogP contribution is 2.29. The van der Waals surface area contributed by atoms with Crippen molar-refractivity contribution < 1.29 is 22.7 Å². The van der Waals surface area contributed by atoms with Gasteiger partial charge in [-0.2, -0.15) is 18.4 Å². The van der Waals surface area contributed by atoms with Crippen LogP contribution < -0.4 is 0 Å². The topological polar surface area (TPSA) is 50.1 Å². The summed E-state index contributed by atoms with van der Waals surface area (Å²) in [4.78, 5) is 11.6. The SMILES string of the molecule is CCCCOC(=O)C(C#N)=Cc1cccc(C(F)(F)F)c1. The largest absolute Gasteiger partial charge is 0.462 e. The van der Waals surface area contributed by atoms with E-state index >= 15 is 0 Å². The van der Waals surface area contributed by atoms with E-state index in [1.165, 1.54) is 12.1 Å². The van der Waals surface area contributed by atoms with Crippen LogP contribution in [0.2, 0.25) is 0 Å². The number of hydrogen-bond acceptors (Lipinski definition) is 3. The van der Waals surface area contributed by atoms with E-state index in [4.69, 9.17) is 10.00 Å². The molecule has 0 spiro atoms. The van der Waals surface area contributed by atoms with Crippen LogP contribution in [0.1, 0.15) is 30.9 Å². The molecule has 0 amide bonds. The van der Waals surface area contributed by atoms with Crippen LogP contribution in [0.3, 0.4) is 0 Å². The minimum atomic E-state index is -4.47. The Morgan fingerprint density at radius 2 is 2.14 bits per heavy atom. The fraction of sp³-hybridized carbons (Fsp3) is 0.333. The van der Waals surface area contributed by atoms with Crippen molar-refractivity contribution in [2.24, 2.45) is 0 Å². The fourth-order valence-electron chi connectivity index (χ4n) is 1.50. The fourth-order valence-corrected chi connectivity index (χ4v) is 1.50. The predicted octanol–water partition coefficient (Wildman–Crippen LogP) is 3.96.